The standard InChI is InChI=1S/C17H29N5O5S2/c1-5-18-27-29(25,26)12-8-9-20-11-10-19(4)14(20)13-15(23)21(6-2)17(28)22(7-3)16(13)24/h18H,5-12H2,1-4H3. The maximum absolute atomic E-state index is 13.0. The van der Waals surface area contributed by atoms with Crippen molar-refractivity contribution in [3.05, 3.63) is 11.4 Å². The maximum atomic E-state index is 13.0. The number of hydrogen-bond donors (Lipinski definition) is 1. The van der Waals surface area contributed by atoms with Gasteiger partial charge in [-0.25, -0.2) is 0 Å². The molecule has 1 N–H and O–H groups in total. The van der Waals surface area contributed by atoms with Gasteiger partial charge in [0.15, 0.2) is 5.11 Å². The van der Waals surface area contributed by atoms with E-state index in [1.165, 1.54) is 9.80 Å². The van der Waals surface area contributed by atoms with Gasteiger partial charge in [0.05, 0.1) is 5.75 Å². The minimum absolute atomic E-state index is 0.0778. The van der Waals surface area contributed by atoms with Gasteiger partial charge in [0.1, 0.15) is 11.4 Å². The Hall–Kier alpha value is -1.76. The van der Waals surface area contributed by atoms with Crippen LogP contribution in [0.4, 0.5) is 0 Å². The van der Waals surface area contributed by atoms with Crippen LogP contribution in [0.25, 0.3) is 0 Å². The van der Waals surface area contributed by atoms with Crippen LogP contribution in [0.3, 0.4) is 0 Å². The summed E-state index contributed by atoms with van der Waals surface area (Å²) < 4.78 is 28.4. The van der Waals surface area contributed by atoms with E-state index in [1.54, 1.807) is 20.8 Å². The number of hydrogen-bond acceptors (Lipinski definition) is 9. The van der Waals surface area contributed by atoms with Crippen molar-refractivity contribution in [1.82, 2.24) is 25.1 Å². The molecule has 2 amide bonds. The third-order valence-electron chi connectivity index (χ3n) is 4.75. The van der Waals surface area contributed by atoms with Crippen LogP contribution in [0, 0.1) is 0 Å². The van der Waals surface area contributed by atoms with Gasteiger partial charge in [-0.3, -0.25) is 19.4 Å². The Bertz CT molecular complexity index is 770. The van der Waals surface area contributed by atoms with E-state index >= 15 is 0 Å². The Labute approximate surface area is 177 Å². The van der Waals surface area contributed by atoms with Gasteiger partial charge in [-0.2, -0.15) is 18.2 Å². The molecule has 0 aromatic carbocycles. The van der Waals surface area contributed by atoms with Crippen LogP contribution in [0.1, 0.15) is 27.2 Å². The van der Waals surface area contributed by atoms with E-state index in [2.05, 4.69) is 9.76 Å². The highest BCUT2D eigenvalue weighted by atomic mass is 32.2. The topological polar surface area (TPSA) is 102 Å². The molecule has 12 heteroatoms. The molecular weight excluding hydrogens is 418 g/mol. The fraction of sp³-hybridized carbons (Fsp3) is 0.706. The zero-order valence-corrected chi connectivity index (χ0v) is 18.9. The summed E-state index contributed by atoms with van der Waals surface area (Å²) in [4.78, 5) is 32.6. The quantitative estimate of drug-likeness (QED) is 0.221. The Morgan fingerprint density at radius 1 is 1.07 bits per heavy atom. The van der Waals surface area contributed by atoms with E-state index in [4.69, 9.17) is 12.2 Å². The maximum Gasteiger partial charge on any atom is 0.283 e. The van der Waals surface area contributed by atoms with Gasteiger partial charge in [0.25, 0.3) is 21.9 Å². The van der Waals surface area contributed by atoms with Crippen LogP contribution in [0.5, 0.6) is 0 Å². The molecule has 2 fully saturated rings. The SMILES string of the molecule is CCNOS(=O)(=O)CCCN1CCN(C)C1=C1C(=O)N(CC)C(=S)N(CC)C1=O. The van der Waals surface area contributed by atoms with Crippen molar-refractivity contribution in [3.8, 4) is 0 Å². The zero-order valence-electron chi connectivity index (χ0n) is 17.3. The molecule has 0 bridgehead atoms. The predicted octanol–water partition coefficient (Wildman–Crippen LogP) is -0.298. The lowest BCUT2D eigenvalue weighted by molar-refractivity contribution is -0.134. The van der Waals surface area contributed by atoms with Crippen LogP contribution in [0.15, 0.2) is 11.4 Å². The third-order valence-corrected chi connectivity index (χ3v) is 6.36. The molecule has 0 radical (unpaired) electrons. The first-order valence-electron chi connectivity index (χ1n) is 9.70. The van der Waals surface area contributed by atoms with Gasteiger partial charge in [-0.15, -0.1) is 0 Å². The average Bonchev–Trinajstić information content (AvgIpc) is 3.01. The summed E-state index contributed by atoms with van der Waals surface area (Å²) in [6.45, 7) is 8.04. The molecule has 2 heterocycles. The van der Waals surface area contributed by atoms with Gasteiger partial charge in [-0.05, 0) is 32.5 Å². The molecule has 0 spiro atoms. The van der Waals surface area contributed by atoms with Crippen LogP contribution >= 0.6 is 12.2 Å². The van der Waals surface area contributed by atoms with E-state index in [9.17, 15) is 18.0 Å². The molecule has 0 aromatic rings. The van der Waals surface area contributed by atoms with Gasteiger partial charge >= 0.3 is 0 Å². The Morgan fingerprint density at radius 2 is 1.66 bits per heavy atom. The van der Waals surface area contributed by atoms with Crippen molar-refractivity contribution in [3.63, 3.8) is 0 Å². The summed E-state index contributed by atoms with van der Waals surface area (Å²) in [7, 11) is -1.87. The fourth-order valence-electron chi connectivity index (χ4n) is 3.34. The summed E-state index contributed by atoms with van der Waals surface area (Å²) in [6, 6.07) is 0. The largest absolute Gasteiger partial charge is 0.359 e. The van der Waals surface area contributed by atoms with Gasteiger partial charge in [0.2, 0.25) is 0 Å². The number of carbonyl (C=O) groups is 2. The first-order chi connectivity index (χ1) is 13.7. The molecule has 0 saturated carbocycles. The monoisotopic (exact) mass is 447 g/mol. The van der Waals surface area contributed by atoms with Crippen molar-refractivity contribution in [2.45, 2.75) is 27.2 Å². The Morgan fingerprint density at radius 3 is 2.17 bits per heavy atom. The number of carbonyl (C=O) groups excluding carboxylic acids is 2. The van der Waals surface area contributed by atoms with Gasteiger partial charge < -0.3 is 9.80 Å². The Kier molecular flexibility index (Phi) is 7.97. The van der Waals surface area contributed by atoms with Crippen molar-refractivity contribution < 1.29 is 22.3 Å². The molecule has 29 heavy (non-hydrogen) atoms. The third kappa shape index (κ3) is 5.05. The molecule has 0 aromatic heterocycles. The van der Waals surface area contributed by atoms with Crippen molar-refractivity contribution in [2.75, 3.05) is 52.1 Å². The van der Waals surface area contributed by atoms with Crippen molar-refractivity contribution in [1.29, 1.82) is 0 Å². The second kappa shape index (κ2) is 9.83. The van der Waals surface area contributed by atoms with Crippen LogP contribution in [0.2, 0.25) is 0 Å². The first-order valence-corrected chi connectivity index (χ1v) is 11.7. The molecule has 2 rings (SSSR count). The van der Waals surface area contributed by atoms with E-state index in [0.717, 1.165) is 0 Å². The van der Waals surface area contributed by atoms with Crippen molar-refractivity contribution in [2.24, 2.45) is 0 Å². The fourth-order valence-corrected chi connectivity index (χ4v) is 4.63. The lowest BCUT2D eigenvalue weighted by Crippen LogP contribution is -2.57. The van der Waals surface area contributed by atoms with Crippen molar-refractivity contribution >= 4 is 39.3 Å². The molecule has 10 nitrogen and oxygen atoms in total. The predicted molar refractivity (Wildman–Crippen MR) is 112 cm³/mol. The highest BCUT2D eigenvalue weighted by molar-refractivity contribution is 7.86. The molecule has 164 valence electrons. The molecule has 2 saturated heterocycles. The smallest absolute Gasteiger partial charge is 0.283 e. The number of hydroxylamine groups is 1. The number of amides is 2. The van der Waals surface area contributed by atoms with E-state index in [0.29, 0.717) is 51.5 Å². The lowest BCUT2D eigenvalue weighted by atomic mass is 10.1. The minimum atomic E-state index is -3.68. The summed E-state index contributed by atoms with van der Waals surface area (Å²) in [6.07, 6.45) is 0.300. The highest BCUT2D eigenvalue weighted by Gasteiger charge is 2.43. The second-order valence-corrected chi connectivity index (χ2v) is 8.74. The van der Waals surface area contributed by atoms with E-state index in [1.807, 2.05) is 16.8 Å². The van der Waals surface area contributed by atoms with E-state index in [-0.39, 0.29) is 16.4 Å². The average molecular weight is 448 g/mol. The summed E-state index contributed by atoms with van der Waals surface area (Å²) in [5, 5.41) is 0.216. The number of nitrogens with zero attached hydrogens (tertiary/aromatic N) is 4. The van der Waals surface area contributed by atoms with Crippen LogP contribution in [-0.2, 0) is 24.0 Å². The van der Waals surface area contributed by atoms with Gasteiger partial charge in [0, 0.05) is 46.3 Å². The first kappa shape index (κ1) is 23.5. The van der Waals surface area contributed by atoms with Crippen LogP contribution < -0.4 is 5.48 Å². The summed E-state index contributed by atoms with van der Waals surface area (Å²) in [5.41, 5.74) is 2.42. The Balaban J connectivity index is 2.26. The van der Waals surface area contributed by atoms with Crippen LogP contribution in [-0.4, -0.2) is 97.0 Å². The highest BCUT2D eigenvalue weighted by Crippen LogP contribution is 2.27. The number of nitrogens with one attached hydrogen (secondary N) is 1. The number of likely N-dealkylation sites (N-methyl/N-ethyl adjacent to an activating group) is 3. The second-order valence-electron chi connectivity index (χ2n) is 6.69. The summed E-state index contributed by atoms with van der Waals surface area (Å²) in [5.74, 6) is -0.478. The summed E-state index contributed by atoms with van der Waals surface area (Å²) >= 11 is 5.31. The lowest BCUT2D eigenvalue weighted by Gasteiger charge is -2.37. The molecule has 0 unspecified atom stereocenters. The molecular formula is C17H29N5O5S2. The normalized spacial score (nSPS) is 18.6. The minimum Gasteiger partial charge on any atom is -0.359 e. The van der Waals surface area contributed by atoms with Gasteiger partial charge in [-0.1, -0.05) is 6.92 Å². The molecule has 0 aliphatic carbocycles. The molecule has 0 atom stereocenters. The zero-order chi connectivity index (χ0) is 21.8. The van der Waals surface area contributed by atoms with E-state index < -0.39 is 21.9 Å². The molecule has 2 aliphatic rings. The molecule has 2 aliphatic heterocycles. The number of thiocarbonyl (C=S) groups is 1. The number of rotatable bonds is 9.